The zero-order chi connectivity index (χ0) is 28.2. The summed E-state index contributed by atoms with van der Waals surface area (Å²) in [5.41, 5.74) is 0.683. The molecule has 4 aliphatic rings. The first-order valence-electron chi connectivity index (χ1n) is 16.2. The van der Waals surface area contributed by atoms with Gasteiger partial charge in [-0.25, -0.2) is 0 Å². The smallest absolute Gasteiger partial charge is 0.310 e. The topological polar surface area (TPSA) is 68.2 Å². The summed E-state index contributed by atoms with van der Waals surface area (Å²) in [7, 11) is 3.75. The number of methoxy groups -OCH3 is 1. The lowest BCUT2D eigenvalue weighted by atomic mass is 9.50. The summed E-state index contributed by atoms with van der Waals surface area (Å²) in [5.74, 6) is 1.77. The summed E-state index contributed by atoms with van der Waals surface area (Å²) >= 11 is 0. The van der Waals surface area contributed by atoms with E-state index in [0.29, 0.717) is 30.1 Å². The van der Waals surface area contributed by atoms with E-state index in [1.54, 1.807) is 7.11 Å². The summed E-state index contributed by atoms with van der Waals surface area (Å²) in [6, 6.07) is 4.08. The lowest BCUT2D eigenvalue weighted by Crippen LogP contribution is -2.74. The third kappa shape index (κ3) is 5.31. The molecule has 0 unspecified atom stereocenters. The standard InChI is InChI=1S/C34H51NO5/c1-4-5-6-7-8-9-10-11-12-13-14-15-16-17-29(36)39-27-20-21-34(37)28-24-25-18-19-26(38-3)31-30(25)33(34,32(27)40-31)22-23-35(28)2/h18-20,28,32,37H,4-17,21-24H2,1-3H3/t28-,32-,33-,34+/m0/s1. The predicted octanol–water partition coefficient (Wildman–Crippen LogP) is 7.00. The number of aliphatic hydroxyl groups is 1. The number of ether oxygens (including phenoxy) is 3. The molecule has 2 bridgehead atoms. The second-order valence-electron chi connectivity index (χ2n) is 12.8. The molecule has 1 spiro atoms. The van der Waals surface area contributed by atoms with Gasteiger partial charge in [0.2, 0.25) is 0 Å². The van der Waals surface area contributed by atoms with Crippen LogP contribution in [0, 0.1) is 0 Å². The van der Waals surface area contributed by atoms with Crippen LogP contribution in [0.1, 0.15) is 121 Å². The fourth-order valence-corrected chi connectivity index (χ4v) is 8.06. The third-order valence-corrected chi connectivity index (χ3v) is 10.3. The number of likely N-dealkylation sites (N-methyl/N-ethyl adjacent to an activating group) is 1. The number of piperidine rings is 1. The molecule has 1 aromatic carbocycles. The maximum Gasteiger partial charge on any atom is 0.310 e. The summed E-state index contributed by atoms with van der Waals surface area (Å²) in [4.78, 5) is 15.2. The quantitative estimate of drug-likeness (QED) is 0.176. The van der Waals surface area contributed by atoms with Crippen molar-refractivity contribution in [2.45, 2.75) is 139 Å². The molecule has 1 aromatic rings. The van der Waals surface area contributed by atoms with Crippen LogP contribution in [0.2, 0.25) is 0 Å². The molecule has 0 amide bonds. The Kier molecular flexibility index (Phi) is 9.46. The van der Waals surface area contributed by atoms with E-state index >= 15 is 0 Å². The highest BCUT2D eigenvalue weighted by molar-refractivity contribution is 5.72. The van der Waals surface area contributed by atoms with Crippen molar-refractivity contribution < 1.29 is 24.1 Å². The van der Waals surface area contributed by atoms with E-state index in [4.69, 9.17) is 14.2 Å². The Labute approximate surface area is 241 Å². The van der Waals surface area contributed by atoms with Crippen LogP contribution in [0.3, 0.4) is 0 Å². The van der Waals surface area contributed by atoms with Gasteiger partial charge in [0.1, 0.15) is 5.76 Å². The van der Waals surface area contributed by atoms with Gasteiger partial charge >= 0.3 is 5.97 Å². The van der Waals surface area contributed by atoms with E-state index in [0.717, 1.165) is 37.8 Å². The van der Waals surface area contributed by atoms with E-state index < -0.39 is 17.1 Å². The van der Waals surface area contributed by atoms with Crippen molar-refractivity contribution in [3.05, 3.63) is 35.1 Å². The van der Waals surface area contributed by atoms with Crippen molar-refractivity contribution in [1.82, 2.24) is 4.90 Å². The monoisotopic (exact) mass is 553 g/mol. The average Bonchev–Trinajstić information content (AvgIpc) is 3.30. The molecule has 222 valence electrons. The number of esters is 1. The largest absolute Gasteiger partial charge is 0.493 e. The van der Waals surface area contributed by atoms with Crippen molar-refractivity contribution in [1.29, 1.82) is 0 Å². The maximum absolute atomic E-state index is 12.9. The van der Waals surface area contributed by atoms with Crippen LogP contribution in [0.25, 0.3) is 0 Å². The molecule has 5 rings (SSSR count). The van der Waals surface area contributed by atoms with Crippen molar-refractivity contribution in [3.63, 3.8) is 0 Å². The number of rotatable bonds is 16. The second kappa shape index (κ2) is 12.9. The minimum absolute atomic E-state index is 0.00140. The van der Waals surface area contributed by atoms with E-state index in [-0.39, 0.29) is 12.0 Å². The first kappa shape index (κ1) is 29.4. The van der Waals surface area contributed by atoms with E-state index in [2.05, 4.69) is 24.9 Å². The Morgan fingerprint density at radius 2 is 1.68 bits per heavy atom. The molecule has 40 heavy (non-hydrogen) atoms. The lowest BCUT2D eigenvalue weighted by molar-refractivity contribution is -0.169. The van der Waals surface area contributed by atoms with Gasteiger partial charge in [-0.1, -0.05) is 90.0 Å². The molecule has 2 heterocycles. The molecule has 1 saturated heterocycles. The van der Waals surface area contributed by atoms with Crippen LogP contribution in [0.15, 0.2) is 24.0 Å². The molecule has 6 heteroatoms. The molecule has 1 N–H and O–H groups in total. The first-order valence-corrected chi connectivity index (χ1v) is 16.2. The number of unbranched alkanes of at least 4 members (excludes halogenated alkanes) is 12. The molecule has 6 nitrogen and oxygen atoms in total. The van der Waals surface area contributed by atoms with Gasteiger partial charge in [0.05, 0.1) is 18.1 Å². The Balaban J connectivity index is 1.12. The number of likely N-dealkylation sites (tertiary alicyclic amines) is 1. The maximum atomic E-state index is 12.9. The zero-order valence-corrected chi connectivity index (χ0v) is 25.1. The molecule has 2 aliphatic carbocycles. The number of hydrogen-bond donors (Lipinski definition) is 1. The molecular formula is C34H51NO5. The van der Waals surface area contributed by atoms with Crippen LogP contribution in [0.5, 0.6) is 11.5 Å². The van der Waals surface area contributed by atoms with Crippen LogP contribution < -0.4 is 9.47 Å². The zero-order valence-electron chi connectivity index (χ0n) is 25.1. The van der Waals surface area contributed by atoms with Gasteiger partial charge in [-0.2, -0.15) is 0 Å². The van der Waals surface area contributed by atoms with Crippen molar-refractivity contribution in [2.24, 2.45) is 0 Å². The molecular weight excluding hydrogens is 502 g/mol. The summed E-state index contributed by atoms with van der Waals surface area (Å²) < 4.78 is 18.3. The summed E-state index contributed by atoms with van der Waals surface area (Å²) in [6.45, 7) is 3.13. The van der Waals surface area contributed by atoms with Crippen LogP contribution in [-0.2, 0) is 21.4 Å². The highest BCUT2D eigenvalue weighted by atomic mass is 16.6. The Bertz CT molecular complexity index is 1070. The minimum atomic E-state index is -0.972. The molecule has 0 aromatic heterocycles. The number of carbonyl (C=O) groups excluding carboxylic acids is 1. The Morgan fingerprint density at radius 3 is 2.33 bits per heavy atom. The van der Waals surface area contributed by atoms with Crippen LogP contribution in [-0.4, -0.2) is 54.4 Å². The third-order valence-electron chi connectivity index (χ3n) is 10.3. The minimum Gasteiger partial charge on any atom is -0.493 e. The highest BCUT2D eigenvalue weighted by Gasteiger charge is 2.72. The van der Waals surface area contributed by atoms with Crippen LogP contribution >= 0.6 is 0 Å². The van der Waals surface area contributed by atoms with Crippen LogP contribution in [0.4, 0.5) is 0 Å². The fourth-order valence-electron chi connectivity index (χ4n) is 8.06. The number of carbonyl (C=O) groups is 1. The van der Waals surface area contributed by atoms with Crippen molar-refractivity contribution in [3.8, 4) is 11.5 Å². The Morgan fingerprint density at radius 1 is 1.02 bits per heavy atom. The lowest BCUT2D eigenvalue weighted by Gasteiger charge is -2.61. The number of benzene rings is 1. The Hall–Kier alpha value is -2.05. The molecule has 4 atom stereocenters. The van der Waals surface area contributed by atoms with Crippen molar-refractivity contribution in [2.75, 3.05) is 20.7 Å². The molecule has 2 aliphatic heterocycles. The van der Waals surface area contributed by atoms with Gasteiger partial charge in [0.15, 0.2) is 17.6 Å². The number of hydrogen-bond acceptors (Lipinski definition) is 6. The highest BCUT2D eigenvalue weighted by Crippen LogP contribution is 2.65. The normalized spacial score (nSPS) is 28.1. The van der Waals surface area contributed by atoms with Gasteiger partial charge in [-0.3, -0.25) is 4.79 Å². The van der Waals surface area contributed by atoms with Gasteiger partial charge in [0.25, 0.3) is 0 Å². The van der Waals surface area contributed by atoms with Gasteiger partial charge in [0, 0.05) is 24.4 Å². The van der Waals surface area contributed by atoms with E-state index in [1.165, 1.54) is 76.2 Å². The van der Waals surface area contributed by atoms with E-state index in [9.17, 15) is 9.90 Å². The SMILES string of the molecule is CCCCCCCCCCCCCCCC(=O)OC1=CC[C@@]2(O)[C@@H]3Cc4ccc(OC)c5c4[C@@]2(CCN3C)[C@H]1O5. The number of nitrogens with zero attached hydrogens (tertiary/aromatic N) is 1. The van der Waals surface area contributed by atoms with Gasteiger partial charge < -0.3 is 24.2 Å². The molecule has 0 saturated carbocycles. The molecule has 1 fully saturated rings. The predicted molar refractivity (Wildman–Crippen MR) is 158 cm³/mol. The summed E-state index contributed by atoms with van der Waals surface area (Å²) in [6.07, 6.45) is 20.4. The van der Waals surface area contributed by atoms with Crippen molar-refractivity contribution >= 4 is 5.97 Å². The van der Waals surface area contributed by atoms with E-state index in [1.807, 2.05) is 12.1 Å². The molecule has 0 radical (unpaired) electrons. The first-order chi connectivity index (χ1) is 19.5. The second-order valence-corrected chi connectivity index (χ2v) is 12.8. The summed E-state index contributed by atoms with van der Waals surface area (Å²) in [5, 5.41) is 12.3. The van der Waals surface area contributed by atoms with Gasteiger partial charge in [-0.05, 0) is 50.6 Å². The fraction of sp³-hybridized carbons (Fsp3) is 0.735. The average molecular weight is 554 g/mol. The van der Waals surface area contributed by atoms with Gasteiger partial charge in [-0.15, -0.1) is 0 Å².